The molecule has 2 aliphatic rings. The zero-order valence-corrected chi connectivity index (χ0v) is 33.2. The number of hydrogen-bond donors (Lipinski definition) is 0. The summed E-state index contributed by atoms with van der Waals surface area (Å²) < 4.78 is 69.6. The highest BCUT2D eigenvalue weighted by atomic mass is 35.5. The Balaban J connectivity index is 1.78. The highest BCUT2D eigenvalue weighted by molar-refractivity contribution is 7.48. The molecule has 0 saturated carbocycles. The number of nitrogens with zero attached hydrogens (tertiary/aromatic N) is 5. The summed E-state index contributed by atoms with van der Waals surface area (Å²) >= 11 is 6.14. The van der Waals surface area contributed by atoms with Crippen molar-refractivity contribution in [2.45, 2.75) is 116 Å². The molecular formula is C33H43ClN5O15P. The van der Waals surface area contributed by atoms with E-state index in [1.165, 1.54) is 20.8 Å². The molecule has 22 heteroatoms. The normalized spacial score (nSPS) is 25.6. The Hall–Kier alpha value is -4.42. The summed E-state index contributed by atoms with van der Waals surface area (Å²) in [6, 6.07) is 7.68. The van der Waals surface area contributed by atoms with Crippen molar-refractivity contribution < 1.29 is 65.7 Å². The number of azide groups is 1. The number of phosphoric ester groups is 1. The Morgan fingerprint density at radius 2 is 1.62 bits per heavy atom. The topological polar surface area (TPSA) is 244 Å². The van der Waals surface area contributed by atoms with Crippen LogP contribution in [-0.2, 0) is 46.6 Å². The summed E-state index contributed by atoms with van der Waals surface area (Å²) in [5.41, 5.74) is 3.46. The van der Waals surface area contributed by atoms with Gasteiger partial charge in [0.1, 0.15) is 16.8 Å². The molecule has 0 N–H and O–H groups in total. The largest absolute Gasteiger partial charge is 0.515 e. The molecular weight excluding hydrogens is 773 g/mol. The Morgan fingerprint density at radius 1 is 1.00 bits per heavy atom. The van der Waals surface area contributed by atoms with E-state index in [1.807, 2.05) is 0 Å². The maximum absolute atomic E-state index is 13.9. The minimum Gasteiger partial charge on any atom is -0.429 e. The monoisotopic (exact) mass is 815 g/mol. The molecule has 0 amide bonds. The second-order valence-corrected chi connectivity index (χ2v) is 17.2. The molecule has 55 heavy (non-hydrogen) atoms. The standard InChI is InChI=1S/C33H43ClN5O15P/c1-30(2,3)51-27(41)47-22-13-15-39(26(40)36-22)25-23(48-28(42)52-31(4,5)6)24(49-29(43)53-32(7,8)9)33(50-25,37-38-35)18-46-55(44)45-16-14-21(54-55)19-11-10-12-20(34)17-19/h10-13,15,17,21,23-25H,14,16,18H2,1-9H3/t21-,23+,24-,25+,33+,55?/m0/s1. The van der Waals surface area contributed by atoms with Crippen LogP contribution in [0.2, 0.25) is 5.02 Å². The van der Waals surface area contributed by atoms with Crippen LogP contribution in [0.15, 0.2) is 46.4 Å². The summed E-state index contributed by atoms with van der Waals surface area (Å²) in [6.45, 7) is 12.9. The lowest BCUT2D eigenvalue weighted by molar-refractivity contribution is -0.135. The Kier molecular flexibility index (Phi) is 13.2. The molecule has 3 heterocycles. The highest BCUT2D eigenvalue weighted by Gasteiger charge is 2.62. The van der Waals surface area contributed by atoms with E-state index in [1.54, 1.807) is 65.8 Å². The first-order valence-corrected chi connectivity index (χ1v) is 18.6. The molecule has 302 valence electrons. The molecule has 2 fully saturated rings. The number of benzene rings is 1. The first kappa shape index (κ1) is 43.3. The predicted octanol–water partition coefficient (Wildman–Crippen LogP) is 7.69. The lowest BCUT2D eigenvalue weighted by Crippen LogP contribution is -2.49. The number of hydrogen-bond acceptors (Lipinski definition) is 17. The molecule has 2 aromatic rings. The van der Waals surface area contributed by atoms with E-state index in [-0.39, 0.29) is 13.0 Å². The van der Waals surface area contributed by atoms with Gasteiger partial charge in [0.05, 0.1) is 19.3 Å². The van der Waals surface area contributed by atoms with Crippen LogP contribution < -0.4 is 10.4 Å². The first-order valence-electron chi connectivity index (χ1n) is 16.8. The molecule has 0 spiro atoms. The molecule has 20 nitrogen and oxygen atoms in total. The van der Waals surface area contributed by atoms with E-state index < -0.39 is 91.5 Å². The van der Waals surface area contributed by atoms with Crippen molar-refractivity contribution in [3.8, 4) is 5.88 Å². The SMILES string of the molecule is CC(C)(C)OC(=O)Oc1ccn([C@@H]2O[C@@](COP3(=O)OCC[C@@H](c4cccc(Cl)c4)O3)(N=[N+]=[N-])[C@@H](OC(=O)OC(C)(C)C)[C@H]2OC(=O)OC(C)(C)C)c(=O)n1. The van der Waals surface area contributed by atoms with Crippen LogP contribution in [0, 0.1) is 0 Å². The average molecular weight is 816 g/mol. The molecule has 4 rings (SSSR count). The van der Waals surface area contributed by atoms with Crippen LogP contribution in [0.1, 0.15) is 86.6 Å². The van der Waals surface area contributed by atoms with E-state index in [2.05, 4.69) is 15.0 Å². The molecule has 0 bridgehead atoms. The van der Waals surface area contributed by atoms with Gasteiger partial charge < -0.3 is 33.2 Å². The molecule has 1 aromatic carbocycles. The molecule has 1 aromatic heterocycles. The lowest BCUT2D eigenvalue weighted by atomic mass is 10.1. The third kappa shape index (κ3) is 12.3. The Morgan fingerprint density at radius 3 is 2.20 bits per heavy atom. The van der Waals surface area contributed by atoms with E-state index in [9.17, 15) is 29.3 Å². The maximum atomic E-state index is 13.9. The van der Waals surface area contributed by atoms with Crippen molar-refractivity contribution in [1.82, 2.24) is 9.55 Å². The van der Waals surface area contributed by atoms with Crippen LogP contribution in [-0.4, -0.2) is 76.0 Å². The van der Waals surface area contributed by atoms with Gasteiger partial charge in [-0.15, -0.1) is 0 Å². The van der Waals surface area contributed by atoms with Crippen LogP contribution in [0.5, 0.6) is 5.88 Å². The number of ether oxygens (including phenoxy) is 7. The highest BCUT2D eigenvalue weighted by Crippen LogP contribution is 2.58. The molecule has 1 unspecified atom stereocenters. The molecule has 2 saturated heterocycles. The maximum Gasteiger partial charge on any atom is 0.515 e. The van der Waals surface area contributed by atoms with Crippen molar-refractivity contribution in [1.29, 1.82) is 0 Å². The van der Waals surface area contributed by atoms with Crippen LogP contribution in [0.4, 0.5) is 14.4 Å². The average Bonchev–Trinajstić information content (AvgIpc) is 3.29. The van der Waals surface area contributed by atoms with Crippen molar-refractivity contribution in [3.05, 3.63) is 68.0 Å². The smallest absolute Gasteiger partial charge is 0.429 e. The molecule has 0 radical (unpaired) electrons. The second-order valence-electron chi connectivity index (χ2n) is 15.1. The van der Waals surface area contributed by atoms with Gasteiger partial charge in [-0.25, -0.2) is 23.7 Å². The summed E-state index contributed by atoms with van der Waals surface area (Å²) in [5, 5.41) is 4.11. The summed E-state index contributed by atoms with van der Waals surface area (Å²) in [7, 11) is -4.53. The van der Waals surface area contributed by atoms with E-state index >= 15 is 0 Å². The van der Waals surface area contributed by atoms with E-state index in [4.69, 9.17) is 58.3 Å². The lowest BCUT2D eigenvalue weighted by Gasteiger charge is -2.33. The van der Waals surface area contributed by atoms with Gasteiger partial charge in [-0.2, -0.15) is 4.98 Å². The van der Waals surface area contributed by atoms with Crippen molar-refractivity contribution in [2.75, 3.05) is 13.2 Å². The summed E-state index contributed by atoms with van der Waals surface area (Å²) in [5.74, 6) is -0.483. The zero-order chi connectivity index (χ0) is 41.0. The minimum absolute atomic E-state index is 0.104. The molecule has 6 atom stereocenters. The predicted molar refractivity (Wildman–Crippen MR) is 189 cm³/mol. The molecule has 0 aliphatic carbocycles. The van der Waals surface area contributed by atoms with Gasteiger partial charge in [0.25, 0.3) is 0 Å². The quantitative estimate of drug-likeness (QED) is 0.0588. The fourth-order valence-corrected chi connectivity index (χ4v) is 6.60. The number of rotatable bonds is 9. The number of halogens is 1. The van der Waals surface area contributed by atoms with E-state index in [0.29, 0.717) is 10.6 Å². The summed E-state index contributed by atoms with van der Waals surface area (Å²) in [6.07, 6.45) is -9.13. The fraction of sp³-hybridized carbons (Fsp3) is 0.606. The third-order valence-corrected chi connectivity index (χ3v) is 8.68. The number of phosphoric acid groups is 1. The molecule has 2 aliphatic heterocycles. The fourth-order valence-electron chi connectivity index (χ4n) is 5.00. The van der Waals surface area contributed by atoms with Crippen LogP contribution >= 0.6 is 19.4 Å². The second kappa shape index (κ2) is 16.8. The zero-order valence-electron chi connectivity index (χ0n) is 31.6. The number of carbonyl (C=O) groups excluding carboxylic acids is 3. The van der Waals surface area contributed by atoms with Crippen LogP contribution in [0.3, 0.4) is 0 Å². The number of aromatic nitrogens is 2. The van der Waals surface area contributed by atoms with Gasteiger partial charge in [0.15, 0.2) is 18.4 Å². The van der Waals surface area contributed by atoms with Crippen molar-refractivity contribution in [3.63, 3.8) is 0 Å². The van der Waals surface area contributed by atoms with Gasteiger partial charge in [-0.3, -0.25) is 18.1 Å². The minimum atomic E-state index is -4.53. The van der Waals surface area contributed by atoms with E-state index in [0.717, 1.165) is 16.8 Å². The first-order chi connectivity index (χ1) is 25.4. The van der Waals surface area contributed by atoms with Gasteiger partial charge >= 0.3 is 32.0 Å². The van der Waals surface area contributed by atoms with Gasteiger partial charge in [0, 0.05) is 28.6 Å². The van der Waals surface area contributed by atoms with Gasteiger partial charge in [-0.05, 0) is 85.5 Å². The van der Waals surface area contributed by atoms with Gasteiger partial charge in [-0.1, -0.05) is 28.8 Å². The summed E-state index contributed by atoms with van der Waals surface area (Å²) in [4.78, 5) is 58.7. The Bertz CT molecular complexity index is 1900. The van der Waals surface area contributed by atoms with Crippen molar-refractivity contribution in [2.24, 2.45) is 5.11 Å². The Labute approximate surface area is 320 Å². The number of carbonyl (C=O) groups is 3. The van der Waals surface area contributed by atoms with Crippen LogP contribution in [0.25, 0.3) is 10.4 Å². The third-order valence-electron chi connectivity index (χ3n) is 6.99. The van der Waals surface area contributed by atoms with Crippen molar-refractivity contribution >= 4 is 37.9 Å². The van der Waals surface area contributed by atoms with Gasteiger partial charge in [0.2, 0.25) is 11.6 Å².